The van der Waals surface area contributed by atoms with Crippen LogP contribution < -0.4 is 5.32 Å². The molecule has 19 heavy (non-hydrogen) atoms. The number of anilines is 1. The van der Waals surface area contributed by atoms with Gasteiger partial charge in [-0.3, -0.25) is 4.79 Å². The lowest BCUT2D eigenvalue weighted by Crippen LogP contribution is -2.13. The molecule has 0 bridgehead atoms. The summed E-state index contributed by atoms with van der Waals surface area (Å²) in [4.78, 5) is 11.7. The van der Waals surface area contributed by atoms with Gasteiger partial charge in [-0.05, 0) is 42.2 Å². The van der Waals surface area contributed by atoms with Crippen LogP contribution in [0.15, 0.2) is 28.5 Å². The molecule has 0 spiro atoms. The highest BCUT2D eigenvalue weighted by molar-refractivity contribution is 8.13. The third-order valence-corrected chi connectivity index (χ3v) is 4.18. The number of benzene rings is 1. The number of carbonyl (C=O) groups is 1. The number of aryl methyl sites for hydroxylation is 1. The molecule has 1 amide bonds. The summed E-state index contributed by atoms with van der Waals surface area (Å²) in [6.07, 6.45) is 0. The minimum absolute atomic E-state index is 0.0139. The molecule has 0 radical (unpaired) electrons. The van der Waals surface area contributed by atoms with Crippen molar-refractivity contribution in [3.05, 3.63) is 34.8 Å². The van der Waals surface area contributed by atoms with Gasteiger partial charge in [0.2, 0.25) is 0 Å². The van der Waals surface area contributed by atoms with E-state index in [0.717, 1.165) is 11.5 Å². The normalized spacial score (nSPS) is 11.3. The van der Waals surface area contributed by atoms with Crippen LogP contribution in [-0.2, 0) is 9.05 Å². The van der Waals surface area contributed by atoms with Crippen molar-refractivity contribution in [2.75, 3.05) is 5.32 Å². The first-order valence-electron chi connectivity index (χ1n) is 5.01. The predicted octanol–water partition coefficient (Wildman–Crippen LogP) is 2.03. The first kappa shape index (κ1) is 13.9. The van der Waals surface area contributed by atoms with Gasteiger partial charge in [0, 0.05) is 21.7 Å². The Kier molecular flexibility index (Phi) is 3.83. The zero-order valence-corrected chi connectivity index (χ0v) is 12.0. The molecule has 0 atom stereocenters. The molecule has 0 saturated carbocycles. The van der Waals surface area contributed by atoms with Crippen LogP contribution >= 0.6 is 22.2 Å². The Morgan fingerprint density at radius 3 is 2.68 bits per heavy atom. The summed E-state index contributed by atoms with van der Waals surface area (Å²) in [6.45, 7) is 1.67. The third kappa shape index (κ3) is 3.28. The maximum absolute atomic E-state index is 11.8. The summed E-state index contributed by atoms with van der Waals surface area (Å²) in [5.74, 6) is -0.404. The first-order valence-corrected chi connectivity index (χ1v) is 8.16. The smallest absolute Gasteiger partial charge is 0.277 e. The molecule has 1 N–H and O–H groups in total. The van der Waals surface area contributed by atoms with Gasteiger partial charge >= 0.3 is 0 Å². The molecule has 1 aromatic heterocycles. The molecule has 9 heteroatoms. The minimum atomic E-state index is -3.77. The lowest BCUT2D eigenvalue weighted by molar-refractivity contribution is 0.102. The third-order valence-electron chi connectivity index (χ3n) is 2.32. The summed E-state index contributed by atoms with van der Waals surface area (Å²) in [5, 5.41) is 7.77. The first-order chi connectivity index (χ1) is 8.88. The molecule has 6 nitrogen and oxygen atoms in total. The molecule has 0 fully saturated rings. The van der Waals surface area contributed by atoms with Gasteiger partial charge in [-0.15, -0.1) is 5.10 Å². The van der Waals surface area contributed by atoms with E-state index in [-0.39, 0.29) is 10.6 Å². The fourth-order valence-corrected chi connectivity index (χ4v) is 2.65. The molecule has 0 aliphatic rings. The molecule has 2 rings (SSSR count). The molecule has 0 aliphatic carbocycles. The Morgan fingerprint density at radius 1 is 1.42 bits per heavy atom. The minimum Gasteiger partial charge on any atom is -0.320 e. The van der Waals surface area contributed by atoms with Crippen LogP contribution in [0.3, 0.4) is 0 Å². The topological polar surface area (TPSA) is 89.0 Å². The van der Waals surface area contributed by atoms with E-state index in [1.54, 1.807) is 6.92 Å². The number of hydrogen-bond donors (Lipinski definition) is 1. The standard InChI is InChI=1S/C10H8ClN3O3S2/c1-6-4-7(19(11,16)17)2-3-8(6)12-10(15)9-5-18-14-13-9/h2-5H,1H3,(H,12,15). The molecule has 0 unspecified atom stereocenters. The Labute approximate surface area is 118 Å². The SMILES string of the molecule is Cc1cc(S(=O)(=O)Cl)ccc1NC(=O)c1csnn1. The Balaban J connectivity index is 2.25. The predicted molar refractivity (Wildman–Crippen MR) is 72.1 cm³/mol. The van der Waals surface area contributed by atoms with Gasteiger partial charge in [0.25, 0.3) is 15.0 Å². The molecule has 1 aromatic carbocycles. The number of carbonyl (C=O) groups excluding carboxylic acids is 1. The van der Waals surface area contributed by atoms with E-state index in [9.17, 15) is 13.2 Å². The van der Waals surface area contributed by atoms with Crippen molar-refractivity contribution < 1.29 is 13.2 Å². The van der Waals surface area contributed by atoms with Crippen molar-refractivity contribution in [1.29, 1.82) is 0 Å². The van der Waals surface area contributed by atoms with Crippen molar-refractivity contribution in [1.82, 2.24) is 9.59 Å². The van der Waals surface area contributed by atoms with Crippen molar-refractivity contribution >= 4 is 42.9 Å². The highest BCUT2D eigenvalue weighted by Gasteiger charge is 2.14. The summed E-state index contributed by atoms with van der Waals surface area (Å²) in [6, 6.07) is 4.18. The molecule has 0 saturated heterocycles. The van der Waals surface area contributed by atoms with E-state index in [1.807, 2.05) is 0 Å². The van der Waals surface area contributed by atoms with Crippen molar-refractivity contribution in [2.45, 2.75) is 11.8 Å². The van der Waals surface area contributed by atoms with E-state index < -0.39 is 15.0 Å². The highest BCUT2D eigenvalue weighted by atomic mass is 35.7. The maximum atomic E-state index is 11.8. The average molecular weight is 318 g/mol. The van der Waals surface area contributed by atoms with Crippen LogP contribution in [0.25, 0.3) is 0 Å². The Bertz CT molecular complexity index is 714. The second kappa shape index (κ2) is 5.24. The van der Waals surface area contributed by atoms with Gasteiger partial charge < -0.3 is 5.32 Å². The number of rotatable bonds is 3. The quantitative estimate of drug-likeness (QED) is 0.875. The largest absolute Gasteiger partial charge is 0.320 e. The molecule has 100 valence electrons. The van der Waals surface area contributed by atoms with Gasteiger partial charge in [0.15, 0.2) is 5.69 Å². The highest BCUT2D eigenvalue weighted by Crippen LogP contribution is 2.22. The van der Waals surface area contributed by atoms with Crippen molar-refractivity contribution in [2.24, 2.45) is 0 Å². The van der Waals surface area contributed by atoms with Crippen LogP contribution in [0, 0.1) is 6.92 Å². The fourth-order valence-electron chi connectivity index (χ4n) is 1.38. The van der Waals surface area contributed by atoms with Crippen LogP contribution in [0.1, 0.15) is 16.1 Å². The van der Waals surface area contributed by atoms with Gasteiger partial charge in [0.05, 0.1) is 4.90 Å². The molecular formula is C10H8ClN3O3S2. The Hall–Kier alpha value is -1.51. The van der Waals surface area contributed by atoms with Gasteiger partial charge in [-0.1, -0.05) is 4.49 Å². The van der Waals surface area contributed by atoms with Crippen LogP contribution in [0.4, 0.5) is 5.69 Å². The van der Waals surface area contributed by atoms with E-state index in [4.69, 9.17) is 10.7 Å². The fraction of sp³-hybridized carbons (Fsp3) is 0.100. The molecule has 0 aliphatic heterocycles. The Morgan fingerprint density at radius 2 is 2.16 bits per heavy atom. The number of amides is 1. The number of nitrogens with one attached hydrogen (secondary N) is 1. The number of halogens is 1. The maximum Gasteiger partial charge on any atom is 0.277 e. The summed E-state index contributed by atoms with van der Waals surface area (Å²) < 4.78 is 25.9. The van der Waals surface area contributed by atoms with E-state index in [2.05, 4.69) is 14.9 Å². The second-order valence-corrected chi connectivity index (χ2v) is 6.83. The van der Waals surface area contributed by atoms with Crippen LogP contribution in [0.5, 0.6) is 0 Å². The second-order valence-electron chi connectivity index (χ2n) is 3.66. The number of hydrogen-bond acceptors (Lipinski definition) is 6. The average Bonchev–Trinajstić information content (AvgIpc) is 2.84. The molecule has 2 aromatic rings. The van der Waals surface area contributed by atoms with Crippen LogP contribution in [0.2, 0.25) is 0 Å². The van der Waals surface area contributed by atoms with Crippen molar-refractivity contribution in [3.8, 4) is 0 Å². The van der Waals surface area contributed by atoms with Gasteiger partial charge in [0.1, 0.15) is 0 Å². The zero-order chi connectivity index (χ0) is 14.0. The zero-order valence-electron chi connectivity index (χ0n) is 9.62. The summed E-state index contributed by atoms with van der Waals surface area (Å²) in [5.41, 5.74) is 1.28. The van der Waals surface area contributed by atoms with Crippen LogP contribution in [-0.4, -0.2) is 23.9 Å². The monoisotopic (exact) mass is 317 g/mol. The summed E-state index contributed by atoms with van der Waals surface area (Å²) in [7, 11) is 1.46. The van der Waals surface area contributed by atoms with E-state index in [1.165, 1.54) is 23.6 Å². The van der Waals surface area contributed by atoms with E-state index >= 15 is 0 Å². The lowest BCUT2D eigenvalue weighted by atomic mass is 10.2. The molecule has 1 heterocycles. The van der Waals surface area contributed by atoms with Gasteiger partial charge in [-0.2, -0.15) is 0 Å². The molecular weight excluding hydrogens is 310 g/mol. The number of aromatic nitrogens is 2. The van der Waals surface area contributed by atoms with E-state index in [0.29, 0.717) is 11.3 Å². The lowest BCUT2D eigenvalue weighted by Gasteiger charge is -2.07. The van der Waals surface area contributed by atoms with Gasteiger partial charge in [-0.25, -0.2) is 8.42 Å². The van der Waals surface area contributed by atoms with Crippen molar-refractivity contribution in [3.63, 3.8) is 0 Å². The summed E-state index contributed by atoms with van der Waals surface area (Å²) >= 11 is 1.07. The number of nitrogens with zero attached hydrogens (tertiary/aromatic N) is 2.